The molecule has 0 aliphatic carbocycles. The first-order valence-electron chi connectivity index (χ1n) is 13.8. The molecule has 1 heterocycles. The molecule has 2 atom stereocenters. The van der Waals surface area contributed by atoms with Crippen LogP contribution in [0, 0.1) is 0 Å². The maximum atomic E-state index is 12.9. The molecular formula is C32H41NO5Si. The molecule has 7 heteroatoms. The van der Waals surface area contributed by atoms with Gasteiger partial charge in [0.05, 0.1) is 19.3 Å². The third-order valence-electron chi connectivity index (χ3n) is 7.07. The van der Waals surface area contributed by atoms with Gasteiger partial charge in [0, 0.05) is 6.61 Å². The van der Waals surface area contributed by atoms with Crippen molar-refractivity contribution >= 4 is 24.8 Å². The van der Waals surface area contributed by atoms with Crippen LogP contribution in [0.15, 0.2) is 91.0 Å². The molecule has 208 valence electrons. The highest BCUT2D eigenvalue weighted by Gasteiger charge is 2.50. The summed E-state index contributed by atoms with van der Waals surface area (Å²) in [5.41, 5.74) is 0.930. The molecule has 1 aliphatic heterocycles. The first-order chi connectivity index (χ1) is 18.9. The second-order valence-corrected chi connectivity index (χ2v) is 15.3. The standard InChI is InChI=1S/C32H41NO5Si/c1-32(2,3)39(28-17-9-5-10-18-28,29-19-11-6-12-20-29)38-25-27(24-36-30-21-13-14-22-35-30)33-31(34)37-23-26-15-7-4-8-16-26/h4-12,15-20,27,30H,13-14,21-25H2,1-3H3,(H,33,34). The van der Waals surface area contributed by atoms with Gasteiger partial charge in [-0.3, -0.25) is 0 Å². The minimum atomic E-state index is -2.78. The molecule has 4 rings (SSSR count). The third-order valence-corrected chi connectivity index (χ3v) is 12.1. The van der Waals surface area contributed by atoms with E-state index in [1.54, 1.807) is 0 Å². The SMILES string of the molecule is CC(C)(C)[Si](OCC(COC1CCCCO1)NC(=O)OCc1ccccc1)(c1ccccc1)c1ccccc1. The summed E-state index contributed by atoms with van der Waals surface area (Å²) in [4.78, 5) is 12.9. The van der Waals surface area contributed by atoms with Crippen LogP contribution in [0.4, 0.5) is 4.79 Å². The molecule has 1 N–H and O–H groups in total. The van der Waals surface area contributed by atoms with E-state index in [0.717, 1.165) is 24.8 Å². The minimum absolute atomic E-state index is 0.179. The summed E-state index contributed by atoms with van der Waals surface area (Å²) in [7, 11) is -2.78. The zero-order chi connectivity index (χ0) is 27.6. The van der Waals surface area contributed by atoms with Gasteiger partial charge in [-0.05, 0) is 40.2 Å². The molecule has 6 nitrogen and oxygen atoms in total. The Hall–Kier alpha value is -2.97. The average Bonchev–Trinajstić information content (AvgIpc) is 2.96. The van der Waals surface area contributed by atoms with Crippen molar-refractivity contribution < 1.29 is 23.4 Å². The van der Waals surface area contributed by atoms with Gasteiger partial charge in [0.15, 0.2) is 6.29 Å². The molecule has 1 fully saturated rings. The highest BCUT2D eigenvalue weighted by Crippen LogP contribution is 2.36. The van der Waals surface area contributed by atoms with Crippen molar-refractivity contribution in [3.63, 3.8) is 0 Å². The Bertz CT molecular complexity index is 1090. The topological polar surface area (TPSA) is 66.0 Å². The van der Waals surface area contributed by atoms with Gasteiger partial charge >= 0.3 is 6.09 Å². The lowest BCUT2D eigenvalue weighted by Crippen LogP contribution is -2.67. The monoisotopic (exact) mass is 547 g/mol. The number of nitrogens with one attached hydrogen (secondary N) is 1. The first kappa shape index (κ1) is 29.0. The van der Waals surface area contributed by atoms with E-state index in [1.165, 1.54) is 10.4 Å². The van der Waals surface area contributed by atoms with Gasteiger partial charge < -0.3 is 24.0 Å². The second kappa shape index (κ2) is 13.9. The van der Waals surface area contributed by atoms with Crippen molar-refractivity contribution in [1.82, 2.24) is 5.32 Å². The summed E-state index contributed by atoms with van der Waals surface area (Å²) in [6.07, 6.45) is 2.20. The fraction of sp³-hybridized carbons (Fsp3) is 0.406. The van der Waals surface area contributed by atoms with E-state index in [-0.39, 0.29) is 31.1 Å². The second-order valence-electron chi connectivity index (χ2n) is 11.0. The lowest BCUT2D eigenvalue weighted by Gasteiger charge is -2.43. The number of rotatable bonds is 11. The third kappa shape index (κ3) is 7.79. The summed E-state index contributed by atoms with van der Waals surface area (Å²) in [6, 6.07) is 30.2. The molecule has 1 saturated heterocycles. The number of carbonyl (C=O) groups is 1. The maximum absolute atomic E-state index is 12.9. The lowest BCUT2D eigenvalue weighted by atomic mass is 10.2. The highest BCUT2D eigenvalue weighted by atomic mass is 28.4. The van der Waals surface area contributed by atoms with Gasteiger partial charge in [-0.15, -0.1) is 0 Å². The van der Waals surface area contributed by atoms with Gasteiger partial charge in [-0.1, -0.05) is 112 Å². The number of alkyl carbamates (subject to hydrolysis) is 1. The zero-order valence-electron chi connectivity index (χ0n) is 23.3. The molecule has 3 aromatic rings. The molecule has 3 aromatic carbocycles. The maximum Gasteiger partial charge on any atom is 0.407 e. The number of hydrogen-bond acceptors (Lipinski definition) is 5. The summed E-state index contributed by atoms with van der Waals surface area (Å²) >= 11 is 0. The summed E-state index contributed by atoms with van der Waals surface area (Å²) < 4.78 is 24.5. The van der Waals surface area contributed by atoms with Crippen molar-refractivity contribution in [2.24, 2.45) is 0 Å². The number of amides is 1. The summed E-state index contributed by atoms with van der Waals surface area (Å²) in [5, 5.41) is 5.20. The predicted octanol–water partition coefficient (Wildman–Crippen LogP) is 5.40. The van der Waals surface area contributed by atoms with E-state index in [2.05, 4.69) is 74.6 Å². The molecule has 1 amide bonds. The van der Waals surface area contributed by atoms with Crippen molar-refractivity contribution in [1.29, 1.82) is 0 Å². The van der Waals surface area contributed by atoms with E-state index in [0.29, 0.717) is 6.61 Å². The van der Waals surface area contributed by atoms with Crippen LogP contribution in [0.25, 0.3) is 0 Å². The molecule has 1 aliphatic rings. The predicted molar refractivity (Wildman–Crippen MR) is 157 cm³/mol. The quantitative estimate of drug-likeness (QED) is 0.326. The van der Waals surface area contributed by atoms with Crippen LogP contribution in [-0.4, -0.2) is 46.6 Å². The molecular weight excluding hydrogens is 506 g/mol. The molecule has 0 bridgehead atoms. The van der Waals surface area contributed by atoms with Crippen molar-refractivity contribution in [2.45, 2.75) is 64.0 Å². The van der Waals surface area contributed by atoms with Crippen LogP contribution in [0.5, 0.6) is 0 Å². The molecule has 39 heavy (non-hydrogen) atoms. The number of benzene rings is 3. The molecule has 2 unspecified atom stereocenters. The number of hydrogen-bond donors (Lipinski definition) is 1. The van der Waals surface area contributed by atoms with Crippen LogP contribution in [0.3, 0.4) is 0 Å². The first-order valence-corrected chi connectivity index (χ1v) is 15.7. The lowest BCUT2D eigenvalue weighted by molar-refractivity contribution is -0.166. The summed E-state index contributed by atoms with van der Waals surface area (Å²) in [6.45, 7) is 8.15. The number of carbonyl (C=O) groups excluding carboxylic acids is 1. The van der Waals surface area contributed by atoms with E-state index < -0.39 is 20.5 Å². The van der Waals surface area contributed by atoms with Gasteiger partial charge in [-0.2, -0.15) is 0 Å². The fourth-order valence-electron chi connectivity index (χ4n) is 5.12. The van der Waals surface area contributed by atoms with Gasteiger partial charge in [0.25, 0.3) is 8.32 Å². The van der Waals surface area contributed by atoms with Crippen LogP contribution in [-0.2, 0) is 25.2 Å². The molecule has 0 aromatic heterocycles. The smallest absolute Gasteiger partial charge is 0.407 e. The minimum Gasteiger partial charge on any atom is -0.445 e. The Morgan fingerprint density at radius 1 is 0.897 bits per heavy atom. The van der Waals surface area contributed by atoms with Gasteiger partial charge in [0.1, 0.15) is 6.61 Å². The zero-order valence-corrected chi connectivity index (χ0v) is 24.3. The van der Waals surface area contributed by atoms with Crippen LogP contribution >= 0.6 is 0 Å². The normalized spacial score (nSPS) is 16.8. The Labute approximate surface area is 233 Å². The van der Waals surface area contributed by atoms with Crippen LogP contribution in [0.2, 0.25) is 5.04 Å². The van der Waals surface area contributed by atoms with E-state index in [9.17, 15) is 4.79 Å². The molecule has 0 spiro atoms. The van der Waals surface area contributed by atoms with E-state index >= 15 is 0 Å². The average molecular weight is 548 g/mol. The van der Waals surface area contributed by atoms with Crippen molar-refractivity contribution in [3.8, 4) is 0 Å². The van der Waals surface area contributed by atoms with Crippen molar-refractivity contribution in [3.05, 3.63) is 96.6 Å². The Morgan fingerprint density at radius 3 is 2.03 bits per heavy atom. The molecule has 0 saturated carbocycles. The number of ether oxygens (including phenoxy) is 3. The van der Waals surface area contributed by atoms with E-state index in [4.69, 9.17) is 18.6 Å². The highest BCUT2D eigenvalue weighted by molar-refractivity contribution is 6.99. The van der Waals surface area contributed by atoms with Crippen LogP contribution < -0.4 is 15.7 Å². The summed E-state index contributed by atoms with van der Waals surface area (Å²) in [5.74, 6) is 0. The largest absolute Gasteiger partial charge is 0.445 e. The van der Waals surface area contributed by atoms with Gasteiger partial charge in [-0.25, -0.2) is 4.79 Å². The fourth-order valence-corrected chi connectivity index (χ4v) is 9.72. The molecule has 0 radical (unpaired) electrons. The van der Waals surface area contributed by atoms with E-state index in [1.807, 2.05) is 42.5 Å². The Kier molecular flexibility index (Phi) is 10.3. The Balaban J connectivity index is 1.55. The Morgan fingerprint density at radius 2 is 1.49 bits per heavy atom. The van der Waals surface area contributed by atoms with Crippen LogP contribution in [0.1, 0.15) is 45.6 Å². The van der Waals surface area contributed by atoms with Gasteiger partial charge in [0.2, 0.25) is 0 Å². The van der Waals surface area contributed by atoms with Crippen molar-refractivity contribution in [2.75, 3.05) is 19.8 Å².